The third-order valence-electron chi connectivity index (χ3n) is 3.44. The van der Waals surface area contributed by atoms with Gasteiger partial charge in [0.2, 0.25) is 0 Å². The van der Waals surface area contributed by atoms with Crippen molar-refractivity contribution in [2.24, 2.45) is 0 Å². The van der Waals surface area contributed by atoms with Crippen LogP contribution in [0, 0.1) is 0 Å². The van der Waals surface area contributed by atoms with Crippen LogP contribution in [-0.4, -0.2) is 79.8 Å². The zero-order valence-electron chi connectivity index (χ0n) is 11.7. The summed E-state index contributed by atoms with van der Waals surface area (Å²) in [5.74, 6) is 0. The van der Waals surface area contributed by atoms with Gasteiger partial charge in [0, 0.05) is 19.9 Å². The van der Waals surface area contributed by atoms with Crippen LogP contribution in [0.2, 0.25) is 0 Å². The Morgan fingerprint density at radius 2 is 2.05 bits per heavy atom. The number of rotatable bonds is 6. The maximum absolute atomic E-state index is 9.95. The molecular weight excluding hydrogens is 282 g/mol. The summed E-state index contributed by atoms with van der Waals surface area (Å²) in [6, 6.07) is 0. The Morgan fingerprint density at radius 1 is 1.29 bits per heavy atom. The lowest BCUT2D eigenvalue weighted by Crippen LogP contribution is -2.58. The first-order chi connectivity index (χ1) is 10.1. The molecular formula is C12H21N3O6. The van der Waals surface area contributed by atoms with Crippen molar-refractivity contribution >= 4 is 0 Å². The van der Waals surface area contributed by atoms with Crippen molar-refractivity contribution in [3.63, 3.8) is 0 Å². The fourth-order valence-electron chi connectivity index (χ4n) is 2.25. The van der Waals surface area contributed by atoms with E-state index in [9.17, 15) is 15.3 Å². The van der Waals surface area contributed by atoms with Gasteiger partial charge >= 0.3 is 0 Å². The van der Waals surface area contributed by atoms with Gasteiger partial charge in [-0.2, -0.15) is 0 Å². The van der Waals surface area contributed by atoms with Gasteiger partial charge in [-0.25, -0.2) is 4.68 Å². The van der Waals surface area contributed by atoms with Crippen LogP contribution >= 0.6 is 0 Å². The van der Waals surface area contributed by atoms with Crippen LogP contribution in [-0.2, 0) is 22.4 Å². The Balaban J connectivity index is 1.99. The molecule has 1 fully saturated rings. The summed E-state index contributed by atoms with van der Waals surface area (Å²) in [6.45, 7) is 0.244. The van der Waals surface area contributed by atoms with E-state index in [2.05, 4.69) is 10.3 Å². The summed E-state index contributed by atoms with van der Waals surface area (Å²) < 4.78 is 11.8. The lowest BCUT2D eigenvalue weighted by atomic mass is 9.99. The number of ether oxygens (including phenoxy) is 2. The van der Waals surface area contributed by atoms with Crippen molar-refractivity contribution in [2.75, 3.05) is 13.7 Å². The Bertz CT molecular complexity index is 440. The first-order valence-corrected chi connectivity index (χ1v) is 6.79. The number of nitrogens with zero attached hydrogens (tertiary/aromatic N) is 3. The molecule has 9 nitrogen and oxygen atoms in total. The summed E-state index contributed by atoms with van der Waals surface area (Å²) >= 11 is 0. The van der Waals surface area contributed by atoms with Crippen LogP contribution in [0.4, 0.5) is 0 Å². The largest absolute Gasteiger partial charge is 0.396 e. The van der Waals surface area contributed by atoms with Gasteiger partial charge < -0.3 is 29.9 Å². The van der Waals surface area contributed by atoms with Crippen molar-refractivity contribution in [1.82, 2.24) is 15.0 Å². The standard InChI is InChI=1S/C12H21N3O6/c1-20-12-11(19)10(18)9(17)8(21-12)6-15-5-7(13-14-15)3-2-4-16/h5,8-12,16-19H,2-4,6H2,1H3/t8-,9+,10+,11-,12-/m1/s1. The Morgan fingerprint density at radius 3 is 2.71 bits per heavy atom. The van der Waals surface area contributed by atoms with E-state index in [0.29, 0.717) is 12.8 Å². The van der Waals surface area contributed by atoms with E-state index in [1.807, 2.05) is 0 Å². The van der Waals surface area contributed by atoms with Gasteiger partial charge in [-0.15, -0.1) is 5.10 Å². The minimum atomic E-state index is -1.36. The van der Waals surface area contributed by atoms with Crippen LogP contribution < -0.4 is 0 Å². The molecule has 0 radical (unpaired) electrons. The van der Waals surface area contributed by atoms with E-state index in [-0.39, 0.29) is 13.2 Å². The lowest BCUT2D eigenvalue weighted by Gasteiger charge is -2.39. The first kappa shape index (κ1) is 16.3. The molecule has 21 heavy (non-hydrogen) atoms. The summed E-state index contributed by atoms with van der Waals surface area (Å²) in [5, 5.41) is 46.0. The molecule has 0 amide bonds. The second kappa shape index (κ2) is 7.25. The van der Waals surface area contributed by atoms with Crippen molar-refractivity contribution in [1.29, 1.82) is 0 Å². The van der Waals surface area contributed by atoms with Gasteiger partial charge in [-0.3, -0.25) is 0 Å². The molecule has 1 aromatic rings. The van der Waals surface area contributed by atoms with Gasteiger partial charge in [0.1, 0.15) is 24.4 Å². The van der Waals surface area contributed by atoms with Crippen LogP contribution in [0.15, 0.2) is 6.20 Å². The average molecular weight is 303 g/mol. The SMILES string of the molecule is CO[C@@H]1O[C@H](Cn2cc(CCCO)nn2)[C@H](O)[C@H](O)[C@H]1O. The monoisotopic (exact) mass is 303 g/mol. The van der Waals surface area contributed by atoms with E-state index in [0.717, 1.165) is 5.69 Å². The summed E-state index contributed by atoms with van der Waals surface area (Å²) in [7, 11) is 1.35. The molecule has 1 saturated heterocycles. The molecule has 120 valence electrons. The van der Waals surface area contributed by atoms with Crippen molar-refractivity contribution in [2.45, 2.75) is 50.1 Å². The summed E-state index contributed by atoms with van der Waals surface area (Å²) in [4.78, 5) is 0. The van der Waals surface area contributed by atoms with Gasteiger partial charge in [0.15, 0.2) is 6.29 Å². The van der Waals surface area contributed by atoms with Crippen molar-refractivity contribution in [3.8, 4) is 0 Å². The fraction of sp³-hybridized carbons (Fsp3) is 0.833. The Labute approximate surface area is 121 Å². The predicted molar refractivity (Wildman–Crippen MR) is 69.1 cm³/mol. The van der Waals surface area contributed by atoms with E-state index in [1.54, 1.807) is 6.20 Å². The zero-order chi connectivity index (χ0) is 15.4. The van der Waals surface area contributed by atoms with Crippen LogP contribution in [0.3, 0.4) is 0 Å². The van der Waals surface area contributed by atoms with Crippen LogP contribution in [0.1, 0.15) is 12.1 Å². The number of aryl methyl sites for hydroxylation is 1. The van der Waals surface area contributed by atoms with E-state index in [4.69, 9.17) is 14.6 Å². The molecule has 9 heteroatoms. The molecule has 2 rings (SSSR count). The molecule has 0 aromatic carbocycles. The maximum Gasteiger partial charge on any atom is 0.186 e. The minimum absolute atomic E-state index is 0.0803. The van der Waals surface area contributed by atoms with Crippen molar-refractivity contribution < 1.29 is 29.9 Å². The summed E-state index contributed by atoms with van der Waals surface area (Å²) in [5.41, 5.74) is 0.721. The molecule has 0 aliphatic carbocycles. The first-order valence-electron chi connectivity index (χ1n) is 6.79. The number of aromatic nitrogens is 3. The predicted octanol–water partition coefficient (Wildman–Crippen LogP) is -2.34. The van der Waals surface area contributed by atoms with Gasteiger partial charge in [-0.1, -0.05) is 5.21 Å². The quantitative estimate of drug-likeness (QED) is 0.460. The molecule has 5 atom stereocenters. The summed E-state index contributed by atoms with van der Waals surface area (Å²) in [6.07, 6.45) is -2.82. The smallest absolute Gasteiger partial charge is 0.186 e. The molecule has 0 unspecified atom stereocenters. The van der Waals surface area contributed by atoms with E-state index >= 15 is 0 Å². The second-order valence-electron chi connectivity index (χ2n) is 5.01. The minimum Gasteiger partial charge on any atom is -0.396 e. The average Bonchev–Trinajstić information content (AvgIpc) is 2.93. The van der Waals surface area contributed by atoms with Crippen molar-refractivity contribution in [3.05, 3.63) is 11.9 Å². The third kappa shape index (κ3) is 3.76. The Hall–Kier alpha value is -1.10. The highest BCUT2D eigenvalue weighted by molar-refractivity contribution is 4.94. The van der Waals surface area contributed by atoms with Crippen LogP contribution in [0.5, 0.6) is 0 Å². The number of methoxy groups -OCH3 is 1. The van der Waals surface area contributed by atoms with E-state index in [1.165, 1.54) is 11.8 Å². The highest BCUT2D eigenvalue weighted by Crippen LogP contribution is 2.22. The molecule has 0 saturated carbocycles. The molecule has 0 bridgehead atoms. The number of hydrogen-bond acceptors (Lipinski definition) is 8. The maximum atomic E-state index is 9.95. The number of aliphatic hydroxyl groups is 4. The fourth-order valence-corrected chi connectivity index (χ4v) is 2.25. The molecule has 1 aromatic heterocycles. The lowest BCUT2D eigenvalue weighted by molar-refractivity contribution is -0.292. The number of hydrogen-bond donors (Lipinski definition) is 4. The molecule has 2 heterocycles. The highest BCUT2D eigenvalue weighted by Gasteiger charge is 2.44. The van der Waals surface area contributed by atoms with Gasteiger partial charge in [0.25, 0.3) is 0 Å². The van der Waals surface area contributed by atoms with Gasteiger partial charge in [-0.05, 0) is 12.8 Å². The normalized spacial score (nSPS) is 33.3. The molecule has 1 aliphatic rings. The third-order valence-corrected chi connectivity index (χ3v) is 3.44. The molecule has 0 spiro atoms. The molecule has 4 N–H and O–H groups in total. The second-order valence-corrected chi connectivity index (χ2v) is 5.01. The van der Waals surface area contributed by atoms with Gasteiger partial charge in [0.05, 0.1) is 12.2 Å². The van der Waals surface area contributed by atoms with Crippen LogP contribution in [0.25, 0.3) is 0 Å². The highest BCUT2D eigenvalue weighted by atomic mass is 16.7. The van der Waals surface area contributed by atoms with E-state index < -0.39 is 30.7 Å². The zero-order valence-corrected chi connectivity index (χ0v) is 11.7. The Kier molecular flexibility index (Phi) is 5.62. The number of aliphatic hydroxyl groups excluding tert-OH is 4. The molecule has 1 aliphatic heterocycles. The topological polar surface area (TPSA) is 130 Å².